The second kappa shape index (κ2) is 35.7. The van der Waals surface area contributed by atoms with Crippen molar-refractivity contribution in [3.8, 4) is 0 Å². The molecule has 0 aliphatic carbocycles. The Hall–Kier alpha value is -0.120. The number of rotatable bonds is 36. The van der Waals surface area contributed by atoms with Crippen LogP contribution >= 0.6 is 0 Å². The van der Waals surface area contributed by atoms with E-state index in [0.717, 1.165) is 23.9 Å². The highest BCUT2D eigenvalue weighted by Gasteiger charge is 2.25. The monoisotopic (exact) mass is 644 g/mol. The third-order valence-corrected chi connectivity index (χ3v) is 9.68. The first-order valence-electron chi connectivity index (χ1n) is 20.0. The standard InChI is InChI=1S/C40H82NO2.ClH/c1-5-7-9-11-13-15-17-19-21-23-25-27-29-31-33-35-37-41(3,4)38-40(43)39(42)36-34-32-30-28-26-24-22-20-18-16-14-12-10-8-6-2;/h40,43H,5-38H2,1-4H3;1H/q+1;/p-1. The first-order chi connectivity index (χ1) is 20.9. The van der Waals surface area contributed by atoms with E-state index >= 15 is 0 Å². The van der Waals surface area contributed by atoms with Gasteiger partial charge in [-0.1, -0.05) is 194 Å². The maximum Gasteiger partial charge on any atom is 0.167 e. The SMILES string of the molecule is CCCCCCCCCCCCCCCCCC[N+](C)(C)CC(O)C(=O)CCCCCCCCCCCCCCCCC.[Cl-]. The molecule has 3 nitrogen and oxygen atoms in total. The summed E-state index contributed by atoms with van der Waals surface area (Å²) in [6, 6.07) is 0. The molecule has 0 spiro atoms. The van der Waals surface area contributed by atoms with Gasteiger partial charge in [-0.15, -0.1) is 0 Å². The Bertz CT molecular complexity index is 568. The van der Waals surface area contributed by atoms with Crippen molar-refractivity contribution in [1.82, 2.24) is 0 Å². The molecule has 0 saturated carbocycles. The van der Waals surface area contributed by atoms with Gasteiger partial charge in [0.05, 0.1) is 20.6 Å². The van der Waals surface area contributed by atoms with Gasteiger partial charge in [0.1, 0.15) is 6.54 Å². The van der Waals surface area contributed by atoms with E-state index in [4.69, 9.17) is 0 Å². The average Bonchev–Trinajstić information content (AvgIpc) is 2.98. The quantitative estimate of drug-likeness (QED) is 0.0545. The number of ketones is 1. The number of quaternary nitrogens is 1. The maximum atomic E-state index is 12.5. The van der Waals surface area contributed by atoms with Crippen LogP contribution in [0.5, 0.6) is 0 Å². The molecule has 1 N–H and O–H groups in total. The number of hydrogen-bond donors (Lipinski definition) is 1. The van der Waals surface area contributed by atoms with Crippen LogP contribution in [-0.2, 0) is 4.79 Å². The highest BCUT2D eigenvalue weighted by Crippen LogP contribution is 2.16. The van der Waals surface area contributed by atoms with Crippen LogP contribution in [0.2, 0.25) is 0 Å². The van der Waals surface area contributed by atoms with Crippen molar-refractivity contribution in [1.29, 1.82) is 0 Å². The minimum absolute atomic E-state index is 0. The largest absolute Gasteiger partial charge is 1.00 e. The van der Waals surface area contributed by atoms with Gasteiger partial charge in [-0.2, -0.15) is 0 Å². The van der Waals surface area contributed by atoms with Crippen molar-refractivity contribution >= 4 is 5.78 Å². The Morgan fingerprint density at radius 1 is 0.455 bits per heavy atom. The third-order valence-electron chi connectivity index (χ3n) is 9.68. The summed E-state index contributed by atoms with van der Waals surface area (Å²) in [6.07, 6.45) is 42.1. The number of nitrogens with zero attached hydrogens (tertiary/aromatic N) is 1. The molecule has 0 bridgehead atoms. The van der Waals surface area contributed by atoms with E-state index in [-0.39, 0.29) is 18.2 Å². The van der Waals surface area contributed by atoms with Crippen LogP contribution in [0.4, 0.5) is 0 Å². The normalized spacial score (nSPS) is 12.4. The molecule has 0 aromatic heterocycles. The molecular formula is C40H82ClNO2. The summed E-state index contributed by atoms with van der Waals surface area (Å²) in [6.45, 7) is 6.20. The Morgan fingerprint density at radius 2 is 0.705 bits per heavy atom. The summed E-state index contributed by atoms with van der Waals surface area (Å²) in [5.41, 5.74) is 0. The number of aliphatic hydroxyl groups is 1. The maximum absolute atomic E-state index is 12.5. The predicted molar refractivity (Wildman–Crippen MR) is 192 cm³/mol. The minimum Gasteiger partial charge on any atom is -1.00 e. The number of hydrogen-bond acceptors (Lipinski definition) is 2. The number of unbranched alkanes of at least 4 members (excludes halogenated alkanes) is 29. The zero-order chi connectivity index (χ0) is 31.7. The fourth-order valence-electron chi connectivity index (χ4n) is 6.59. The molecule has 0 saturated heterocycles. The number of carbonyl (C=O) groups excluding carboxylic acids is 1. The molecular weight excluding hydrogens is 562 g/mol. The fraction of sp³-hybridized carbons (Fsp3) is 0.975. The molecule has 0 aliphatic rings. The summed E-state index contributed by atoms with van der Waals surface area (Å²) >= 11 is 0. The predicted octanol–water partition coefficient (Wildman–Crippen LogP) is 9.52. The lowest BCUT2D eigenvalue weighted by Gasteiger charge is -2.31. The summed E-state index contributed by atoms with van der Waals surface area (Å²) in [5, 5.41) is 10.5. The van der Waals surface area contributed by atoms with Gasteiger partial charge in [-0.3, -0.25) is 4.79 Å². The Morgan fingerprint density at radius 3 is 1.00 bits per heavy atom. The summed E-state index contributed by atoms with van der Waals surface area (Å²) in [4.78, 5) is 12.5. The molecule has 44 heavy (non-hydrogen) atoms. The van der Waals surface area contributed by atoms with Gasteiger partial charge in [0, 0.05) is 6.42 Å². The first kappa shape index (κ1) is 46.0. The molecule has 0 heterocycles. The fourth-order valence-corrected chi connectivity index (χ4v) is 6.59. The van der Waals surface area contributed by atoms with Crippen molar-refractivity contribution in [3.05, 3.63) is 0 Å². The molecule has 0 aromatic rings. The van der Waals surface area contributed by atoms with Crippen molar-refractivity contribution in [2.24, 2.45) is 0 Å². The van der Waals surface area contributed by atoms with Gasteiger partial charge < -0.3 is 22.0 Å². The lowest BCUT2D eigenvalue weighted by atomic mass is 10.0. The van der Waals surface area contributed by atoms with Crippen LogP contribution in [-0.4, -0.2) is 48.7 Å². The summed E-state index contributed by atoms with van der Waals surface area (Å²) in [7, 11) is 4.35. The average molecular weight is 645 g/mol. The van der Waals surface area contributed by atoms with Crippen LogP contribution in [0.3, 0.4) is 0 Å². The molecule has 0 fully saturated rings. The van der Waals surface area contributed by atoms with E-state index in [1.165, 1.54) is 186 Å². The number of carbonyl (C=O) groups is 1. The van der Waals surface area contributed by atoms with Crippen molar-refractivity contribution in [2.45, 2.75) is 225 Å². The van der Waals surface area contributed by atoms with E-state index in [9.17, 15) is 9.90 Å². The second-order valence-electron chi connectivity index (χ2n) is 14.8. The number of aliphatic hydroxyl groups excluding tert-OH is 1. The molecule has 1 unspecified atom stereocenters. The molecule has 0 radical (unpaired) electrons. The van der Waals surface area contributed by atoms with Crippen LogP contribution in [0, 0.1) is 0 Å². The highest BCUT2D eigenvalue weighted by molar-refractivity contribution is 5.82. The van der Waals surface area contributed by atoms with Gasteiger partial charge in [-0.05, 0) is 19.3 Å². The Labute approximate surface area is 284 Å². The van der Waals surface area contributed by atoms with Crippen LogP contribution < -0.4 is 12.4 Å². The summed E-state index contributed by atoms with van der Waals surface area (Å²) in [5.74, 6) is 0.0628. The van der Waals surface area contributed by atoms with Crippen molar-refractivity contribution in [3.63, 3.8) is 0 Å². The van der Waals surface area contributed by atoms with Gasteiger partial charge in [0.2, 0.25) is 0 Å². The third kappa shape index (κ3) is 34.7. The molecule has 4 heteroatoms. The van der Waals surface area contributed by atoms with Crippen LogP contribution in [0.1, 0.15) is 219 Å². The number of Topliss-reactive ketones (excluding diaryl/α,β-unsaturated/α-hetero) is 1. The number of halogens is 1. The first-order valence-corrected chi connectivity index (χ1v) is 20.0. The minimum atomic E-state index is -0.789. The highest BCUT2D eigenvalue weighted by atomic mass is 35.5. The Balaban J connectivity index is 0. The second-order valence-corrected chi connectivity index (χ2v) is 14.8. The van der Waals surface area contributed by atoms with E-state index in [1.54, 1.807) is 0 Å². The zero-order valence-electron chi connectivity index (χ0n) is 30.8. The molecule has 266 valence electrons. The lowest BCUT2D eigenvalue weighted by molar-refractivity contribution is -0.892. The lowest BCUT2D eigenvalue weighted by Crippen LogP contribution is -3.00. The van der Waals surface area contributed by atoms with Crippen molar-refractivity contribution < 1.29 is 26.8 Å². The van der Waals surface area contributed by atoms with Gasteiger partial charge in [0.25, 0.3) is 0 Å². The smallest absolute Gasteiger partial charge is 0.167 e. The van der Waals surface area contributed by atoms with Gasteiger partial charge in [0.15, 0.2) is 11.9 Å². The van der Waals surface area contributed by atoms with Crippen molar-refractivity contribution in [2.75, 3.05) is 27.2 Å². The van der Waals surface area contributed by atoms with E-state index in [1.807, 2.05) is 0 Å². The van der Waals surface area contributed by atoms with E-state index in [0.29, 0.717) is 13.0 Å². The molecule has 0 aliphatic heterocycles. The molecule has 0 aromatic carbocycles. The van der Waals surface area contributed by atoms with Crippen LogP contribution in [0.25, 0.3) is 0 Å². The van der Waals surface area contributed by atoms with Gasteiger partial charge in [-0.25, -0.2) is 0 Å². The van der Waals surface area contributed by atoms with Gasteiger partial charge >= 0.3 is 0 Å². The zero-order valence-corrected chi connectivity index (χ0v) is 31.6. The Kier molecular flexibility index (Phi) is 37.4. The number of likely N-dealkylation sites (N-methyl/N-ethyl adjacent to an activating group) is 1. The molecule has 0 amide bonds. The van der Waals surface area contributed by atoms with E-state index in [2.05, 4.69) is 27.9 Å². The topological polar surface area (TPSA) is 37.3 Å². The summed E-state index contributed by atoms with van der Waals surface area (Å²) < 4.78 is 0.754. The molecule has 0 rings (SSSR count). The molecule has 1 atom stereocenters. The van der Waals surface area contributed by atoms with Crippen LogP contribution in [0.15, 0.2) is 0 Å². The van der Waals surface area contributed by atoms with E-state index < -0.39 is 6.10 Å².